The summed E-state index contributed by atoms with van der Waals surface area (Å²) in [7, 11) is 1.22. The van der Waals surface area contributed by atoms with Gasteiger partial charge in [0.15, 0.2) is 11.6 Å². The highest BCUT2D eigenvalue weighted by Gasteiger charge is 2.61. The minimum absolute atomic E-state index is 0.0268. The summed E-state index contributed by atoms with van der Waals surface area (Å²) in [4.78, 5) is 25.7. The molecule has 4 unspecified atom stereocenters. The number of carboxylic acid groups (broad SMARTS) is 1. The van der Waals surface area contributed by atoms with Crippen LogP contribution in [0.2, 0.25) is 0 Å². The Hall–Kier alpha value is -2.82. The molecule has 7 nitrogen and oxygen atoms in total. The second-order valence-corrected chi connectivity index (χ2v) is 8.97. The van der Waals surface area contributed by atoms with Gasteiger partial charge >= 0.3 is 5.97 Å². The molecule has 11 heteroatoms. The van der Waals surface area contributed by atoms with Crippen LogP contribution in [0.1, 0.15) is 35.7 Å². The van der Waals surface area contributed by atoms with Gasteiger partial charge in [-0.2, -0.15) is 0 Å². The zero-order chi connectivity index (χ0) is 23.2. The van der Waals surface area contributed by atoms with Gasteiger partial charge in [0.25, 0.3) is 5.92 Å². The number of hydrogen-bond donors (Lipinski definition) is 2. The summed E-state index contributed by atoms with van der Waals surface area (Å²) in [5.74, 6) is -6.76. The third kappa shape index (κ3) is 2.83. The third-order valence-corrected chi connectivity index (χ3v) is 7.00. The highest BCUT2D eigenvalue weighted by molar-refractivity contribution is 5.97. The monoisotopic (exact) mass is 455 g/mol. The number of benzene rings is 1. The van der Waals surface area contributed by atoms with Gasteiger partial charge in [-0.25, -0.2) is 22.4 Å². The van der Waals surface area contributed by atoms with Crippen LogP contribution in [0.25, 0.3) is 10.9 Å². The first-order chi connectivity index (χ1) is 15.0. The van der Waals surface area contributed by atoms with Crippen molar-refractivity contribution in [3.63, 3.8) is 0 Å². The first kappa shape index (κ1) is 21.0. The normalized spacial score (nSPS) is 30.6. The van der Waals surface area contributed by atoms with Gasteiger partial charge in [0.2, 0.25) is 5.43 Å². The number of fused-ring (bicyclic) bond motifs is 2. The zero-order valence-electron chi connectivity index (χ0n) is 17.1. The van der Waals surface area contributed by atoms with Gasteiger partial charge in [-0.1, -0.05) is 0 Å². The van der Waals surface area contributed by atoms with Crippen LogP contribution >= 0.6 is 0 Å². The van der Waals surface area contributed by atoms with Gasteiger partial charge in [-0.3, -0.25) is 4.79 Å². The Morgan fingerprint density at radius 1 is 1.34 bits per heavy atom. The number of aromatic carboxylic acids is 1. The maximum Gasteiger partial charge on any atom is 0.341 e. The van der Waals surface area contributed by atoms with Gasteiger partial charge in [0.05, 0.1) is 30.0 Å². The molecule has 0 bridgehead atoms. The van der Waals surface area contributed by atoms with Crippen LogP contribution in [0.15, 0.2) is 17.1 Å². The molecule has 2 aliphatic carbocycles. The number of nitrogens with zero attached hydrogens (tertiary/aromatic N) is 2. The molecular formula is C21H21F4N3O4. The van der Waals surface area contributed by atoms with Gasteiger partial charge in [-0.15, -0.1) is 0 Å². The van der Waals surface area contributed by atoms with Crippen molar-refractivity contribution >= 4 is 22.6 Å². The molecule has 1 saturated heterocycles. The van der Waals surface area contributed by atoms with Crippen molar-refractivity contribution in [2.45, 2.75) is 42.9 Å². The van der Waals surface area contributed by atoms with Crippen LogP contribution in [0.4, 0.5) is 23.2 Å². The lowest BCUT2D eigenvalue weighted by Gasteiger charge is -2.26. The summed E-state index contributed by atoms with van der Waals surface area (Å²) in [5, 5.41) is 9.10. The maximum absolute atomic E-state index is 15.3. The number of methoxy groups -OCH3 is 1. The molecule has 3 aliphatic rings. The van der Waals surface area contributed by atoms with Crippen LogP contribution in [-0.2, 0) is 0 Å². The summed E-state index contributed by atoms with van der Waals surface area (Å²) in [6, 6.07) is 0.121. The minimum atomic E-state index is -2.99. The maximum atomic E-state index is 15.3. The summed E-state index contributed by atoms with van der Waals surface area (Å²) >= 11 is 0. The quantitative estimate of drug-likeness (QED) is 0.689. The smallest absolute Gasteiger partial charge is 0.341 e. The van der Waals surface area contributed by atoms with Gasteiger partial charge in [0, 0.05) is 37.7 Å². The number of halogens is 4. The molecule has 0 radical (unpaired) electrons. The third-order valence-electron chi connectivity index (χ3n) is 7.00. The zero-order valence-corrected chi connectivity index (χ0v) is 17.1. The number of alkyl halides is 3. The predicted molar refractivity (Wildman–Crippen MR) is 107 cm³/mol. The van der Waals surface area contributed by atoms with Crippen LogP contribution in [0.5, 0.6) is 5.75 Å². The number of carbonyl (C=O) groups is 1. The van der Waals surface area contributed by atoms with E-state index in [0.29, 0.717) is 0 Å². The number of nitrogens with two attached hydrogens (primary N) is 1. The number of pyridine rings is 1. The number of anilines is 1. The van der Waals surface area contributed by atoms with Crippen molar-refractivity contribution in [2.24, 2.45) is 11.7 Å². The number of rotatable bonds is 4. The molecule has 2 heterocycles. The Morgan fingerprint density at radius 3 is 2.59 bits per heavy atom. The topological polar surface area (TPSA) is 97.8 Å². The van der Waals surface area contributed by atoms with Crippen molar-refractivity contribution in [1.82, 2.24) is 4.57 Å². The number of hydrogen-bond acceptors (Lipinski definition) is 5. The van der Waals surface area contributed by atoms with Crippen LogP contribution < -0.4 is 20.8 Å². The van der Waals surface area contributed by atoms with Crippen LogP contribution in [0, 0.1) is 11.7 Å². The van der Waals surface area contributed by atoms with Crippen molar-refractivity contribution in [1.29, 1.82) is 0 Å². The van der Waals surface area contributed by atoms with Gasteiger partial charge in [-0.05, 0) is 12.5 Å². The molecule has 3 fully saturated rings. The summed E-state index contributed by atoms with van der Waals surface area (Å²) in [6.45, 7) is -0.256. The summed E-state index contributed by atoms with van der Waals surface area (Å²) in [6.07, 6.45) is -0.402. The molecule has 0 spiro atoms. The Morgan fingerprint density at radius 2 is 2.03 bits per heavy atom. The number of carboxylic acids is 1. The molecule has 172 valence electrons. The van der Waals surface area contributed by atoms with E-state index in [9.17, 15) is 27.9 Å². The molecule has 1 aromatic heterocycles. The molecule has 32 heavy (non-hydrogen) atoms. The molecule has 3 N–H and O–H groups in total. The van der Waals surface area contributed by atoms with Crippen molar-refractivity contribution in [2.75, 3.05) is 25.1 Å². The average molecular weight is 455 g/mol. The molecule has 2 saturated carbocycles. The molecule has 1 aliphatic heterocycles. The first-order valence-electron chi connectivity index (χ1n) is 10.2. The van der Waals surface area contributed by atoms with Crippen molar-refractivity contribution in [3.05, 3.63) is 33.9 Å². The molecular weight excluding hydrogens is 434 g/mol. The van der Waals surface area contributed by atoms with E-state index in [1.807, 2.05) is 0 Å². The Balaban J connectivity index is 1.74. The average Bonchev–Trinajstić information content (AvgIpc) is 3.26. The van der Waals surface area contributed by atoms with E-state index in [2.05, 4.69) is 0 Å². The lowest BCUT2D eigenvalue weighted by molar-refractivity contribution is -0.0377. The van der Waals surface area contributed by atoms with Crippen molar-refractivity contribution in [3.8, 4) is 5.75 Å². The first-order valence-corrected chi connectivity index (χ1v) is 10.2. The molecule has 5 rings (SSSR count). The lowest BCUT2D eigenvalue weighted by Crippen LogP contribution is -2.47. The molecule has 1 aromatic carbocycles. The fourth-order valence-corrected chi connectivity index (χ4v) is 5.27. The van der Waals surface area contributed by atoms with Crippen molar-refractivity contribution < 1.29 is 32.2 Å². The minimum Gasteiger partial charge on any atom is -0.492 e. The van der Waals surface area contributed by atoms with Crippen LogP contribution in [0.3, 0.4) is 0 Å². The fraction of sp³-hybridized carbons (Fsp3) is 0.524. The van der Waals surface area contributed by atoms with E-state index < -0.39 is 52.4 Å². The molecule has 4 atom stereocenters. The van der Waals surface area contributed by atoms with Crippen LogP contribution in [-0.4, -0.2) is 53.5 Å². The summed E-state index contributed by atoms with van der Waals surface area (Å²) < 4.78 is 64.8. The van der Waals surface area contributed by atoms with E-state index >= 15 is 4.39 Å². The van der Waals surface area contributed by atoms with E-state index in [1.165, 1.54) is 16.6 Å². The lowest BCUT2D eigenvalue weighted by atomic mass is 9.91. The number of aromatic nitrogens is 1. The highest BCUT2D eigenvalue weighted by Crippen LogP contribution is 2.52. The van der Waals surface area contributed by atoms with E-state index in [0.717, 1.165) is 12.3 Å². The Bertz CT molecular complexity index is 1220. The predicted octanol–water partition coefficient (Wildman–Crippen LogP) is 2.69. The van der Waals surface area contributed by atoms with Gasteiger partial charge in [0.1, 0.15) is 17.4 Å². The SMILES string of the molecule is COc1c(N2CC3C(F)(F)CCC3(N)C2)c(F)cc2c(=O)c(C(=O)O)cn(C3CC3F)c12. The second-order valence-electron chi connectivity index (χ2n) is 8.97. The van der Waals surface area contributed by atoms with E-state index in [4.69, 9.17) is 10.5 Å². The largest absolute Gasteiger partial charge is 0.492 e. The number of ether oxygens (including phenoxy) is 1. The van der Waals surface area contributed by atoms with E-state index in [1.54, 1.807) is 0 Å². The molecule has 0 amide bonds. The fourth-order valence-electron chi connectivity index (χ4n) is 5.27. The summed E-state index contributed by atoms with van der Waals surface area (Å²) in [5.41, 5.74) is 3.36. The standard InChI is InChI=1S/C21H21F4N3O4/c1-32-18-15-9(17(29)10(19(30)31)6-28(15)13-5-11(13)22)4-12(23)16(18)27-7-14-20(26,8-27)2-3-21(14,24)25/h4,6,11,13-14H,2-3,5,7-8,26H2,1H3,(H,30,31). The second kappa shape index (κ2) is 6.60. The van der Waals surface area contributed by atoms with Gasteiger partial charge < -0.3 is 25.0 Å². The van der Waals surface area contributed by atoms with E-state index in [-0.39, 0.29) is 54.7 Å². The Kier molecular flexibility index (Phi) is 4.34. The molecule has 2 aromatic rings. The highest BCUT2D eigenvalue weighted by atomic mass is 19.3. The Labute approximate surface area is 179 Å².